The molecule has 3 aromatic carbocycles. The van der Waals surface area contributed by atoms with E-state index in [0.717, 1.165) is 12.0 Å². The second-order valence-electron chi connectivity index (χ2n) is 7.94. The summed E-state index contributed by atoms with van der Waals surface area (Å²) in [7, 11) is 0. The summed E-state index contributed by atoms with van der Waals surface area (Å²) in [5, 5.41) is 0. The molecule has 0 saturated carbocycles. The molecule has 3 aromatic rings. The van der Waals surface area contributed by atoms with Gasteiger partial charge in [0, 0.05) is 37.3 Å². The van der Waals surface area contributed by atoms with E-state index in [4.69, 9.17) is 4.74 Å². The molecule has 0 aromatic heterocycles. The van der Waals surface area contributed by atoms with Gasteiger partial charge in [0.25, 0.3) is 11.8 Å². The summed E-state index contributed by atoms with van der Waals surface area (Å²) >= 11 is 0. The van der Waals surface area contributed by atoms with Crippen molar-refractivity contribution >= 4 is 11.8 Å². The van der Waals surface area contributed by atoms with E-state index < -0.39 is 0 Å². The molecule has 1 aliphatic heterocycles. The van der Waals surface area contributed by atoms with Gasteiger partial charge in [-0.1, -0.05) is 55.5 Å². The first-order valence-electron chi connectivity index (χ1n) is 11.1. The Labute approximate surface area is 189 Å². The van der Waals surface area contributed by atoms with Crippen molar-refractivity contribution in [2.24, 2.45) is 0 Å². The second-order valence-corrected chi connectivity index (χ2v) is 7.94. The maximum Gasteiger partial charge on any atom is 0.254 e. The zero-order chi connectivity index (χ0) is 22.3. The molecule has 0 spiro atoms. The number of hydrogen-bond donors (Lipinski definition) is 0. The third-order valence-electron chi connectivity index (χ3n) is 5.79. The lowest BCUT2D eigenvalue weighted by Crippen LogP contribution is -2.50. The number of ether oxygens (including phenoxy) is 1. The smallest absolute Gasteiger partial charge is 0.254 e. The highest BCUT2D eigenvalue weighted by Crippen LogP contribution is 2.18. The number of rotatable bonds is 6. The van der Waals surface area contributed by atoms with Gasteiger partial charge in [0.05, 0.1) is 0 Å². The maximum atomic E-state index is 13.0. The van der Waals surface area contributed by atoms with Crippen LogP contribution in [0.5, 0.6) is 5.75 Å². The molecule has 0 N–H and O–H groups in total. The van der Waals surface area contributed by atoms with Crippen LogP contribution in [0.15, 0.2) is 78.9 Å². The van der Waals surface area contributed by atoms with Crippen LogP contribution in [-0.2, 0) is 13.0 Å². The number of nitrogens with zero attached hydrogens (tertiary/aromatic N) is 2. The first-order valence-corrected chi connectivity index (χ1v) is 11.1. The molecule has 164 valence electrons. The Kier molecular flexibility index (Phi) is 6.85. The van der Waals surface area contributed by atoms with E-state index in [1.165, 1.54) is 5.56 Å². The molecule has 1 heterocycles. The van der Waals surface area contributed by atoms with Gasteiger partial charge < -0.3 is 14.5 Å². The summed E-state index contributed by atoms with van der Waals surface area (Å²) in [6.45, 7) is 4.66. The highest BCUT2D eigenvalue weighted by atomic mass is 16.5. The fourth-order valence-electron chi connectivity index (χ4n) is 3.82. The number of aryl methyl sites for hydroxylation is 1. The molecule has 1 fully saturated rings. The van der Waals surface area contributed by atoms with Gasteiger partial charge in [-0.05, 0) is 47.9 Å². The molecule has 32 heavy (non-hydrogen) atoms. The summed E-state index contributed by atoms with van der Waals surface area (Å²) in [5.41, 5.74) is 3.59. The van der Waals surface area contributed by atoms with E-state index in [1.807, 2.05) is 77.7 Å². The Morgan fingerprint density at radius 1 is 0.719 bits per heavy atom. The number of amides is 2. The predicted octanol–water partition coefficient (Wildman–Crippen LogP) is 4.43. The summed E-state index contributed by atoms with van der Waals surface area (Å²) in [6.07, 6.45) is 0.952. The predicted molar refractivity (Wildman–Crippen MR) is 125 cm³/mol. The first kappa shape index (κ1) is 21.6. The molecule has 5 heteroatoms. The first-order chi connectivity index (χ1) is 15.6. The van der Waals surface area contributed by atoms with Gasteiger partial charge in [0.15, 0.2) is 0 Å². The third-order valence-corrected chi connectivity index (χ3v) is 5.79. The van der Waals surface area contributed by atoms with Gasteiger partial charge in [-0.25, -0.2) is 0 Å². The highest BCUT2D eigenvalue weighted by Gasteiger charge is 2.25. The van der Waals surface area contributed by atoms with Crippen LogP contribution in [0.25, 0.3) is 0 Å². The summed E-state index contributed by atoms with van der Waals surface area (Å²) < 4.78 is 5.86. The SMILES string of the molecule is CCc1ccc(C(=O)N2CCN(C(=O)c3cccc(OCc4ccccc4)c3)CC2)cc1. The Balaban J connectivity index is 1.33. The van der Waals surface area contributed by atoms with Gasteiger partial charge in [0.1, 0.15) is 12.4 Å². The molecule has 1 saturated heterocycles. The third kappa shape index (κ3) is 5.17. The molecule has 0 aliphatic carbocycles. The van der Waals surface area contributed by atoms with Crippen molar-refractivity contribution in [1.29, 1.82) is 0 Å². The molecular weight excluding hydrogens is 400 g/mol. The van der Waals surface area contributed by atoms with Gasteiger partial charge >= 0.3 is 0 Å². The van der Waals surface area contributed by atoms with Crippen LogP contribution in [-0.4, -0.2) is 47.8 Å². The van der Waals surface area contributed by atoms with E-state index >= 15 is 0 Å². The van der Waals surface area contributed by atoms with Crippen molar-refractivity contribution in [2.45, 2.75) is 20.0 Å². The zero-order valence-electron chi connectivity index (χ0n) is 18.4. The van der Waals surface area contributed by atoms with Crippen LogP contribution in [0.2, 0.25) is 0 Å². The number of hydrogen-bond acceptors (Lipinski definition) is 3. The second kappa shape index (κ2) is 10.1. The minimum atomic E-state index is -0.0328. The van der Waals surface area contributed by atoms with Crippen molar-refractivity contribution in [3.05, 3.63) is 101 Å². The zero-order valence-corrected chi connectivity index (χ0v) is 18.4. The van der Waals surface area contributed by atoms with E-state index in [0.29, 0.717) is 49.7 Å². The molecule has 0 unspecified atom stereocenters. The van der Waals surface area contributed by atoms with Crippen LogP contribution in [0, 0.1) is 0 Å². The lowest BCUT2D eigenvalue weighted by molar-refractivity contribution is 0.0535. The number of benzene rings is 3. The molecule has 2 amide bonds. The Hall–Kier alpha value is -3.60. The monoisotopic (exact) mass is 428 g/mol. The normalized spacial score (nSPS) is 13.7. The van der Waals surface area contributed by atoms with Crippen LogP contribution in [0.4, 0.5) is 0 Å². The molecule has 0 bridgehead atoms. The van der Waals surface area contributed by atoms with Crippen molar-refractivity contribution < 1.29 is 14.3 Å². The quantitative estimate of drug-likeness (QED) is 0.584. The van der Waals surface area contributed by atoms with Crippen LogP contribution >= 0.6 is 0 Å². The number of carbonyl (C=O) groups excluding carboxylic acids is 2. The maximum absolute atomic E-state index is 13.0. The van der Waals surface area contributed by atoms with Crippen LogP contribution in [0.1, 0.15) is 38.8 Å². The fourth-order valence-corrected chi connectivity index (χ4v) is 3.82. The minimum absolute atomic E-state index is 0.0241. The van der Waals surface area contributed by atoms with Crippen molar-refractivity contribution in [2.75, 3.05) is 26.2 Å². The average Bonchev–Trinajstić information content (AvgIpc) is 2.87. The lowest BCUT2D eigenvalue weighted by Gasteiger charge is -2.35. The van der Waals surface area contributed by atoms with Gasteiger partial charge in [-0.15, -0.1) is 0 Å². The lowest BCUT2D eigenvalue weighted by atomic mass is 10.1. The minimum Gasteiger partial charge on any atom is -0.489 e. The molecule has 0 radical (unpaired) electrons. The van der Waals surface area contributed by atoms with Crippen molar-refractivity contribution in [3.8, 4) is 5.75 Å². The van der Waals surface area contributed by atoms with E-state index in [-0.39, 0.29) is 11.8 Å². The van der Waals surface area contributed by atoms with Gasteiger partial charge in [0.2, 0.25) is 0 Å². The molecule has 1 aliphatic rings. The van der Waals surface area contributed by atoms with Crippen molar-refractivity contribution in [3.63, 3.8) is 0 Å². The summed E-state index contributed by atoms with van der Waals surface area (Å²) in [4.78, 5) is 29.4. The summed E-state index contributed by atoms with van der Waals surface area (Å²) in [5.74, 6) is 0.662. The standard InChI is InChI=1S/C27H28N2O3/c1-2-21-11-13-23(14-12-21)26(30)28-15-17-29(18-16-28)27(31)24-9-6-10-25(19-24)32-20-22-7-4-3-5-8-22/h3-14,19H,2,15-18,20H2,1H3. The van der Waals surface area contributed by atoms with Crippen LogP contribution in [0.3, 0.4) is 0 Å². The number of carbonyl (C=O) groups is 2. The topological polar surface area (TPSA) is 49.9 Å². The largest absolute Gasteiger partial charge is 0.489 e. The van der Waals surface area contributed by atoms with E-state index in [1.54, 1.807) is 11.0 Å². The number of piperazine rings is 1. The average molecular weight is 429 g/mol. The van der Waals surface area contributed by atoms with E-state index in [2.05, 4.69) is 6.92 Å². The Morgan fingerprint density at radius 2 is 1.34 bits per heavy atom. The molecule has 0 atom stereocenters. The summed E-state index contributed by atoms with van der Waals surface area (Å²) in [6, 6.07) is 25.0. The molecule has 4 rings (SSSR count). The fraction of sp³-hybridized carbons (Fsp3) is 0.259. The Morgan fingerprint density at radius 3 is 1.97 bits per heavy atom. The van der Waals surface area contributed by atoms with Crippen molar-refractivity contribution in [1.82, 2.24) is 9.80 Å². The molecule has 5 nitrogen and oxygen atoms in total. The Bertz CT molecular complexity index is 1060. The van der Waals surface area contributed by atoms with Crippen LogP contribution < -0.4 is 4.74 Å². The highest BCUT2D eigenvalue weighted by molar-refractivity contribution is 5.96. The molecular formula is C27H28N2O3. The van der Waals surface area contributed by atoms with E-state index in [9.17, 15) is 9.59 Å². The van der Waals surface area contributed by atoms with Gasteiger partial charge in [-0.2, -0.15) is 0 Å². The van der Waals surface area contributed by atoms with Gasteiger partial charge in [-0.3, -0.25) is 9.59 Å².